The van der Waals surface area contributed by atoms with Crippen LogP contribution in [0.1, 0.15) is 39.0 Å². The second kappa shape index (κ2) is 10.5. The number of carboxylic acid groups (broad SMARTS) is 1. The molecule has 1 saturated heterocycles. The minimum absolute atomic E-state index is 0. The van der Waals surface area contributed by atoms with E-state index in [1.165, 1.54) is 26.4 Å². The Morgan fingerprint density at radius 2 is 1.59 bits per heavy atom. The number of carbonyl (C=O) groups is 2. The van der Waals surface area contributed by atoms with Gasteiger partial charge in [0.05, 0.1) is 38.8 Å². The number of hydrogen-bond acceptors (Lipinski definition) is 10. The quantitative estimate of drug-likeness (QED) is 0.313. The maximum Gasteiger partial charge on any atom is 1.00 e. The number of phenolic OH excluding ortho intramolecular Hbond substituents is 1. The van der Waals surface area contributed by atoms with Crippen LogP contribution in [-0.2, 0) is 9.53 Å². The van der Waals surface area contributed by atoms with Gasteiger partial charge in [0.1, 0.15) is 0 Å². The Labute approximate surface area is 246 Å². The zero-order chi connectivity index (χ0) is 26.6. The fourth-order valence-corrected chi connectivity index (χ4v) is 5.72. The van der Waals surface area contributed by atoms with E-state index >= 15 is 0 Å². The van der Waals surface area contributed by atoms with Crippen LogP contribution in [-0.4, -0.2) is 44.7 Å². The molecule has 1 aliphatic carbocycles. The van der Waals surface area contributed by atoms with Gasteiger partial charge in [-0.3, -0.25) is 4.79 Å². The molecular formula is C28H24NNaO9. The number of esters is 1. The van der Waals surface area contributed by atoms with Crippen LogP contribution >= 0.6 is 0 Å². The van der Waals surface area contributed by atoms with Crippen molar-refractivity contribution in [2.24, 2.45) is 11.8 Å². The number of carbonyl (C=O) groups excluding carboxylic acids is 2. The molecule has 3 aromatic carbocycles. The van der Waals surface area contributed by atoms with Crippen molar-refractivity contribution in [1.29, 1.82) is 0 Å². The van der Waals surface area contributed by atoms with Gasteiger partial charge in [0.2, 0.25) is 12.5 Å². The molecule has 1 fully saturated rings. The number of methoxy groups -OCH3 is 2. The van der Waals surface area contributed by atoms with Gasteiger partial charge in [-0.2, -0.15) is 0 Å². The van der Waals surface area contributed by atoms with Crippen LogP contribution in [0.2, 0.25) is 0 Å². The fourth-order valence-electron chi connectivity index (χ4n) is 5.72. The Kier molecular flexibility index (Phi) is 7.28. The van der Waals surface area contributed by atoms with Gasteiger partial charge in [-0.15, -0.1) is 0 Å². The molecule has 0 spiro atoms. The average molecular weight is 541 g/mol. The van der Waals surface area contributed by atoms with E-state index in [0.29, 0.717) is 22.7 Å². The summed E-state index contributed by atoms with van der Waals surface area (Å²) in [7, 11) is 2.90. The first-order valence-corrected chi connectivity index (χ1v) is 12.0. The molecule has 0 amide bonds. The first-order valence-electron chi connectivity index (χ1n) is 12.0. The van der Waals surface area contributed by atoms with Gasteiger partial charge in [-0.05, 0) is 58.7 Å². The van der Waals surface area contributed by atoms with E-state index in [1.807, 2.05) is 12.1 Å². The normalized spacial score (nSPS) is 22.2. The Balaban J connectivity index is 0.00000308. The van der Waals surface area contributed by atoms with Crippen LogP contribution in [0.5, 0.6) is 28.7 Å². The van der Waals surface area contributed by atoms with E-state index in [0.717, 1.165) is 11.1 Å². The summed E-state index contributed by atoms with van der Waals surface area (Å²) in [5.74, 6) is -1.44. The zero-order valence-electron chi connectivity index (χ0n) is 21.6. The maximum atomic E-state index is 13.2. The molecule has 1 unspecified atom stereocenters. The molecule has 0 radical (unpaired) electrons. The molecule has 39 heavy (non-hydrogen) atoms. The van der Waals surface area contributed by atoms with Crippen molar-refractivity contribution in [3.63, 3.8) is 0 Å². The fraction of sp³-hybridized carbons (Fsp3) is 0.286. The first-order chi connectivity index (χ1) is 18.4. The van der Waals surface area contributed by atoms with Gasteiger partial charge in [0, 0.05) is 17.5 Å². The number of rotatable bonds is 6. The van der Waals surface area contributed by atoms with Crippen molar-refractivity contribution in [1.82, 2.24) is 0 Å². The Morgan fingerprint density at radius 1 is 0.974 bits per heavy atom. The zero-order valence-corrected chi connectivity index (χ0v) is 23.6. The van der Waals surface area contributed by atoms with E-state index in [9.17, 15) is 19.8 Å². The second-order valence-electron chi connectivity index (χ2n) is 9.39. The van der Waals surface area contributed by atoms with Gasteiger partial charge in [-0.1, -0.05) is 12.1 Å². The van der Waals surface area contributed by atoms with E-state index in [-0.39, 0.29) is 83.7 Å². The van der Waals surface area contributed by atoms with Gasteiger partial charge >= 0.3 is 35.5 Å². The summed E-state index contributed by atoms with van der Waals surface area (Å²) in [6, 6.07) is 13.1. The number of benzene rings is 3. The van der Waals surface area contributed by atoms with Crippen molar-refractivity contribution in [2.75, 3.05) is 32.9 Å². The van der Waals surface area contributed by atoms with Crippen LogP contribution < -0.4 is 58.9 Å². The number of ether oxygens (including phenoxy) is 5. The van der Waals surface area contributed by atoms with Crippen LogP contribution in [0.25, 0.3) is 0 Å². The number of nitrogens with one attached hydrogen (secondary N) is 1. The molecule has 0 bridgehead atoms. The molecule has 3 aliphatic rings. The van der Waals surface area contributed by atoms with E-state index in [4.69, 9.17) is 23.7 Å². The van der Waals surface area contributed by atoms with Gasteiger partial charge in [-0.25, -0.2) is 0 Å². The molecule has 0 aromatic heterocycles. The summed E-state index contributed by atoms with van der Waals surface area (Å²) in [6.07, 6.45) is 0. The topological polar surface area (TPSA) is 136 Å². The minimum Gasteiger partial charge on any atom is -0.545 e. The van der Waals surface area contributed by atoms with Crippen LogP contribution in [0, 0.1) is 11.8 Å². The molecule has 0 saturated carbocycles. The first kappa shape index (κ1) is 27.0. The maximum absolute atomic E-state index is 13.2. The molecule has 10 nitrogen and oxygen atoms in total. The molecule has 2 heterocycles. The monoisotopic (exact) mass is 541 g/mol. The average Bonchev–Trinajstić information content (AvgIpc) is 3.54. The predicted octanol–water partition coefficient (Wildman–Crippen LogP) is -0.406. The largest absolute Gasteiger partial charge is 1.00 e. The standard InChI is InChI=1S/C28H25NO9.Na/c1-34-21-7-14(8-22(35-2)26(21)30)23-16-9-19-20(38-12-37-19)10-17(16)25(18-11-36-28(33)24(18)23)29-15-5-3-13(4-6-15)27(31)32;/h3-10,18,23-25,29-30H,11-12H2,1-2H3,(H,31,32);/q;+1/p-1/t18?,23-,24-,25+;/m0./s1. The van der Waals surface area contributed by atoms with E-state index < -0.39 is 17.8 Å². The minimum atomic E-state index is -1.26. The second-order valence-corrected chi connectivity index (χ2v) is 9.39. The van der Waals surface area contributed by atoms with Crippen molar-refractivity contribution in [2.45, 2.75) is 12.0 Å². The Hall–Kier alpha value is -3.60. The number of anilines is 1. The number of hydrogen-bond donors (Lipinski definition) is 2. The van der Waals surface area contributed by atoms with E-state index in [2.05, 4.69) is 5.32 Å². The van der Waals surface area contributed by atoms with Crippen molar-refractivity contribution < 1.29 is 73.0 Å². The Bertz CT molecular complexity index is 1420. The number of aromatic carboxylic acids is 1. The smallest absolute Gasteiger partial charge is 0.545 e. The molecule has 11 heteroatoms. The molecular weight excluding hydrogens is 517 g/mol. The summed E-state index contributed by atoms with van der Waals surface area (Å²) >= 11 is 0. The number of aromatic hydroxyl groups is 1. The summed E-state index contributed by atoms with van der Waals surface area (Å²) < 4.78 is 27.7. The summed E-state index contributed by atoms with van der Waals surface area (Å²) in [6.45, 7) is 0.274. The summed E-state index contributed by atoms with van der Waals surface area (Å²) in [5, 5.41) is 25.2. The molecule has 3 aromatic rings. The molecule has 2 aliphatic heterocycles. The van der Waals surface area contributed by atoms with Crippen LogP contribution in [0.15, 0.2) is 48.5 Å². The van der Waals surface area contributed by atoms with Gasteiger partial charge < -0.3 is 44.0 Å². The SMILES string of the molecule is COc1cc([C@H]2c3cc4c(cc3[C@@H](Nc3ccc(C(=O)[O-])cc3)C3COC(=O)[C@@H]32)OCO4)cc(OC)c1O.[Na+]. The number of phenols is 1. The number of fused-ring (bicyclic) bond motifs is 3. The molecule has 4 atom stereocenters. The molecule has 2 N–H and O–H groups in total. The van der Waals surface area contributed by atoms with Crippen molar-refractivity contribution in [3.8, 4) is 28.7 Å². The Morgan fingerprint density at radius 3 is 2.18 bits per heavy atom. The van der Waals surface area contributed by atoms with Gasteiger partial charge in [0.25, 0.3) is 0 Å². The van der Waals surface area contributed by atoms with Crippen LogP contribution in [0.3, 0.4) is 0 Å². The predicted molar refractivity (Wildman–Crippen MR) is 131 cm³/mol. The number of carboxylic acids is 1. The third-order valence-corrected chi connectivity index (χ3v) is 7.49. The van der Waals surface area contributed by atoms with Gasteiger partial charge in [0.15, 0.2) is 23.0 Å². The molecule has 6 rings (SSSR count). The van der Waals surface area contributed by atoms with Crippen LogP contribution in [0.4, 0.5) is 5.69 Å². The van der Waals surface area contributed by atoms with E-state index in [1.54, 1.807) is 24.3 Å². The third-order valence-electron chi connectivity index (χ3n) is 7.49. The van der Waals surface area contributed by atoms with Crippen molar-refractivity contribution >= 4 is 17.6 Å². The third kappa shape index (κ3) is 4.52. The summed E-state index contributed by atoms with van der Waals surface area (Å²) in [5.41, 5.74) is 3.16. The number of cyclic esters (lactones) is 1. The van der Waals surface area contributed by atoms with Crippen molar-refractivity contribution in [3.05, 3.63) is 70.8 Å². The summed E-state index contributed by atoms with van der Waals surface area (Å²) in [4.78, 5) is 24.4. The molecule has 196 valence electrons.